The summed E-state index contributed by atoms with van der Waals surface area (Å²) in [6, 6.07) is 0. The number of hydrogen-bond acceptors (Lipinski definition) is 17. The maximum absolute atomic E-state index is 13.4. The molecule has 0 amide bonds. The number of ether oxygens (including phenoxy) is 8. The molecule has 11 atom stereocenters. The van der Waals surface area contributed by atoms with E-state index in [0.717, 1.165) is 32.1 Å². The molecule has 3 fully saturated rings. The molecule has 0 spiro atoms. The lowest BCUT2D eigenvalue weighted by atomic mass is 9.70. The maximum Gasteiger partial charge on any atom is 0.331 e. The highest BCUT2D eigenvalue weighted by Gasteiger charge is 2.59. The summed E-state index contributed by atoms with van der Waals surface area (Å²) >= 11 is 0. The molecule has 4 heterocycles. The molecule has 0 aliphatic carbocycles. The number of carbonyl (C=O) groups is 5. The Morgan fingerprint density at radius 2 is 1.56 bits per heavy atom. The number of aliphatic hydroxyl groups excluding tert-OH is 2. The van der Waals surface area contributed by atoms with Gasteiger partial charge in [0.1, 0.15) is 12.2 Å². The Labute approximate surface area is 375 Å². The highest BCUT2D eigenvalue weighted by molar-refractivity contribution is 5.85. The maximum atomic E-state index is 13.4. The highest BCUT2D eigenvalue weighted by atomic mass is 16.7. The Hall–Kier alpha value is -4.23. The van der Waals surface area contributed by atoms with Gasteiger partial charge in [0.05, 0.1) is 62.7 Å². The molecule has 4 aliphatic heterocycles. The van der Waals surface area contributed by atoms with Crippen LogP contribution in [0.4, 0.5) is 0 Å². The smallest absolute Gasteiger partial charge is 0.331 e. The number of cyclic esters (lactones) is 1. The fourth-order valence-corrected chi connectivity index (χ4v) is 8.57. The number of hydrogen-bond donors (Lipinski definition) is 4. The number of esters is 5. The zero-order chi connectivity index (χ0) is 47.6. The summed E-state index contributed by atoms with van der Waals surface area (Å²) < 4.78 is 46.7. The topological polar surface area (TPSA) is 240 Å². The molecule has 64 heavy (non-hydrogen) atoms. The van der Waals surface area contributed by atoms with Crippen LogP contribution in [-0.4, -0.2) is 131 Å². The van der Waals surface area contributed by atoms with Crippen LogP contribution < -0.4 is 0 Å². The van der Waals surface area contributed by atoms with Gasteiger partial charge in [0.15, 0.2) is 11.9 Å². The van der Waals surface area contributed by atoms with Gasteiger partial charge in [0.25, 0.3) is 0 Å². The molecular formula is C47H68O17. The van der Waals surface area contributed by atoms with E-state index in [9.17, 15) is 44.4 Å². The molecule has 17 heteroatoms. The fraction of sp³-hybridized carbons (Fsp3) is 0.681. The zero-order valence-corrected chi connectivity index (χ0v) is 38.5. The first-order valence-electron chi connectivity index (χ1n) is 21.9. The molecule has 3 saturated heterocycles. The lowest BCUT2D eigenvalue weighted by molar-refractivity contribution is -0.348. The summed E-state index contributed by atoms with van der Waals surface area (Å²) in [7, 11) is 2.40. The van der Waals surface area contributed by atoms with E-state index in [1.165, 1.54) is 33.1 Å². The van der Waals surface area contributed by atoms with Crippen LogP contribution in [0.2, 0.25) is 0 Å². The standard InChI is InChI=1S/C47H68O17/c1-10-11-12-13-14-15-39(51)62-43-31(22-41(53)58-9)21-34-25-37(28(2)48)61-42(54)24-32(50)23-35-26-38(59-29(3)49)45(6,7)46(55,63-35)27-36-19-30(20-40(52)57-8)18-33(60-36)16-17-44(4,5)47(43,56)64-34/h12-17,20,22,28,32-38,43,48,50,55-56H,10-11,18-19,21,23-27H2,1-9H3/b13-12+,15-14+,17-16+,30-20+,31-22+. The van der Waals surface area contributed by atoms with E-state index >= 15 is 0 Å². The van der Waals surface area contributed by atoms with Crippen LogP contribution in [0.3, 0.4) is 0 Å². The molecule has 4 N–H and O–H groups in total. The average Bonchev–Trinajstić information content (AvgIpc) is 3.19. The summed E-state index contributed by atoms with van der Waals surface area (Å²) in [6.45, 7) is 11.2. The Balaban J connectivity index is 1.89. The lowest BCUT2D eigenvalue weighted by Gasteiger charge is -2.53. The molecule has 6 bridgehead atoms. The van der Waals surface area contributed by atoms with Gasteiger partial charge >= 0.3 is 29.8 Å². The van der Waals surface area contributed by atoms with Gasteiger partial charge in [-0.3, -0.25) is 9.59 Å². The number of aliphatic hydroxyl groups is 4. The van der Waals surface area contributed by atoms with E-state index in [4.69, 9.17) is 37.9 Å². The molecule has 0 radical (unpaired) electrons. The van der Waals surface area contributed by atoms with Crippen LogP contribution in [0.5, 0.6) is 0 Å². The largest absolute Gasteiger partial charge is 0.466 e. The minimum Gasteiger partial charge on any atom is -0.466 e. The summed E-state index contributed by atoms with van der Waals surface area (Å²) in [5.41, 5.74) is -2.06. The van der Waals surface area contributed by atoms with Crippen LogP contribution in [0.1, 0.15) is 113 Å². The molecule has 0 aromatic carbocycles. The molecule has 11 unspecified atom stereocenters. The van der Waals surface area contributed by atoms with Crippen molar-refractivity contribution in [2.45, 2.75) is 179 Å². The van der Waals surface area contributed by atoms with Crippen LogP contribution in [0.15, 0.2) is 59.8 Å². The van der Waals surface area contributed by atoms with E-state index in [1.54, 1.807) is 45.9 Å². The normalized spacial score (nSPS) is 35.8. The third-order valence-electron chi connectivity index (χ3n) is 12.4. The zero-order valence-electron chi connectivity index (χ0n) is 38.5. The number of fused-ring (bicyclic) bond motifs is 6. The Morgan fingerprint density at radius 1 is 0.875 bits per heavy atom. The van der Waals surface area contributed by atoms with E-state index in [0.29, 0.717) is 5.57 Å². The van der Waals surface area contributed by atoms with Crippen molar-refractivity contribution >= 4 is 29.8 Å². The quantitative estimate of drug-likeness (QED) is 0.0830. The first-order chi connectivity index (χ1) is 29.9. The van der Waals surface area contributed by atoms with Crippen LogP contribution in [0.25, 0.3) is 0 Å². The van der Waals surface area contributed by atoms with Crippen molar-refractivity contribution in [3.63, 3.8) is 0 Å². The summed E-state index contributed by atoms with van der Waals surface area (Å²) in [4.78, 5) is 64.7. The Bertz CT molecular complexity index is 1830. The predicted octanol–water partition coefficient (Wildman–Crippen LogP) is 4.28. The highest BCUT2D eigenvalue weighted by Crippen LogP contribution is 2.50. The van der Waals surface area contributed by atoms with Gasteiger partial charge in [0.2, 0.25) is 5.79 Å². The monoisotopic (exact) mass is 904 g/mol. The van der Waals surface area contributed by atoms with Crippen molar-refractivity contribution in [2.75, 3.05) is 14.2 Å². The molecule has 4 aliphatic rings. The van der Waals surface area contributed by atoms with Crippen molar-refractivity contribution in [3.05, 3.63) is 59.8 Å². The van der Waals surface area contributed by atoms with Crippen molar-refractivity contribution in [1.29, 1.82) is 0 Å². The van der Waals surface area contributed by atoms with Crippen molar-refractivity contribution < 1.29 is 82.3 Å². The third-order valence-corrected chi connectivity index (χ3v) is 12.4. The Morgan fingerprint density at radius 3 is 2.20 bits per heavy atom. The van der Waals surface area contributed by atoms with Gasteiger partial charge in [-0.15, -0.1) is 0 Å². The lowest BCUT2D eigenvalue weighted by Crippen LogP contribution is -2.62. The predicted molar refractivity (Wildman–Crippen MR) is 228 cm³/mol. The fourth-order valence-electron chi connectivity index (χ4n) is 8.57. The number of allylic oxidation sites excluding steroid dienone is 3. The van der Waals surface area contributed by atoms with E-state index < -0.39 is 114 Å². The second-order valence-corrected chi connectivity index (χ2v) is 18.3. The molecule has 0 aromatic rings. The first-order valence-corrected chi connectivity index (χ1v) is 21.9. The molecule has 0 aromatic heterocycles. The average molecular weight is 905 g/mol. The minimum absolute atomic E-state index is 0.0721. The second-order valence-electron chi connectivity index (χ2n) is 18.3. The van der Waals surface area contributed by atoms with Crippen LogP contribution in [-0.2, 0) is 61.9 Å². The van der Waals surface area contributed by atoms with Gasteiger partial charge in [-0.2, -0.15) is 0 Å². The van der Waals surface area contributed by atoms with Gasteiger partial charge in [0, 0.05) is 56.3 Å². The van der Waals surface area contributed by atoms with Gasteiger partial charge in [-0.05, 0) is 38.2 Å². The minimum atomic E-state index is -2.47. The number of methoxy groups -OCH3 is 2. The number of rotatable bonds is 9. The van der Waals surface area contributed by atoms with Crippen LogP contribution >= 0.6 is 0 Å². The molecule has 358 valence electrons. The SMILES string of the molecule is CCC/C=C/C=C/C(=O)OC1/C(=C/C(=O)OC)CC2CC(C(C)O)OC(=O)CC(O)CC3CC(OC(C)=O)C(C)(C)C(O)(CC4C/C(=C/C(=O)OC)CC(/C=C/C(C)(C)C1(O)O2)O4)O3. The summed E-state index contributed by atoms with van der Waals surface area (Å²) in [6.07, 6.45) is 2.55. The third kappa shape index (κ3) is 13.4. The van der Waals surface area contributed by atoms with Crippen molar-refractivity contribution in [2.24, 2.45) is 10.8 Å². The van der Waals surface area contributed by atoms with E-state index in [2.05, 4.69) is 0 Å². The van der Waals surface area contributed by atoms with Crippen molar-refractivity contribution in [3.8, 4) is 0 Å². The van der Waals surface area contributed by atoms with Gasteiger partial charge in [-0.25, -0.2) is 14.4 Å². The second kappa shape index (κ2) is 22.3. The van der Waals surface area contributed by atoms with Gasteiger partial charge in [-0.1, -0.05) is 77.0 Å². The van der Waals surface area contributed by atoms with Crippen LogP contribution in [0, 0.1) is 10.8 Å². The summed E-state index contributed by atoms with van der Waals surface area (Å²) in [5, 5.41) is 47.5. The summed E-state index contributed by atoms with van der Waals surface area (Å²) in [5.74, 6) is -8.31. The van der Waals surface area contributed by atoms with E-state index in [1.807, 2.05) is 13.0 Å². The molecular weight excluding hydrogens is 836 g/mol. The Kier molecular flexibility index (Phi) is 18.3. The molecule has 0 saturated carbocycles. The number of unbranched alkanes of at least 4 members (excludes halogenated alkanes) is 1. The molecule has 17 nitrogen and oxygen atoms in total. The number of carbonyl (C=O) groups excluding carboxylic acids is 5. The first kappa shape index (κ1) is 52.4. The van der Waals surface area contributed by atoms with Crippen molar-refractivity contribution in [1.82, 2.24) is 0 Å². The van der Waals surface area contributed by atoms with Gasteiger partial charge < -0.3 is 58.3 Å². The van der Waals surface area contributed by atoms with E-state index in [-0.39, 0.29) is 50.5 Å². The molecule has 4 rings (SSSR count).